The highest BCUT2D eigenvalue weighted by Gasteiger charge is 2.07. The van der Waals surface area contributed by atoms with E-state index in [-0.39, 0.29) is 11.3 Å². The van der Waals surface area contributed by atoms with E-state index >= 15 is 0 Å². The summed E-state index contributed by atoms with van der Waals surface area (Å²) >= 11 is 3.20. The fraction of sp³-hybridized carbons (Fsp3) is 0.0588. The average Bonchev–Trinajstić information content (AvgIpc) is 2.60. The Kier molecular flexibility index (Phi) is 6.64. The van der Waals surface area contributed by atoms with Gasteiger partial charge in [-0.3, -0.25) is 20.4 Å². The number of benzene rings is 2. The molecule has 0 heterocycles. The normalized spacial score (nSPS) is 10.5. The zero-order chi connectivity index (χ0) is 18.2. The zero-order valence-corrected chi connectivity index (χ0v) is 14.3. The first-order chi connectivity index (χ1) is 12.0. The molecule has 2 aromatic rings. The van der Waals surface area contributed by atoms with Gasteiger partial charge >= 0.3 is 0 Å². The molecule has 0 aromatic heterocycles. The van der Waals surface area contributed by atoms with E-state index in [2.05, 4.69) is 26.8 Å². The first-order valence-electron chi connectivity index (χ1n) is 7.05. The van der Waals surface area contributed by atoms with E-state index in [1.165, 1.54) is 42.5 Å². The largest absolute Gasteiger partial charge is 0.481 e. The number of rotatable bonds is 5. The number of hydrogen-bond acceptors (Lipinski definition) is 3. The molecule has 0 atom stereocenters. The Balaban J connectivity index is 1.79. The maximum absolute atomic E-state index is 13.5. The van der Waals surface area contributed by atoms with Crippen LogP contribution in [0, 0.1) is 11.6 Å². The maximum Gasteiger partial charge on any atom is 0.276 e. The first-order valence-corrected chi connectivity index (χ1v) is 7.84. The Morgan fingerprint density at radius 3 is 2.60 bits per heavy atom. The molecule has 0 saturated heterocycles. The molecule has 2 amide bonds. The van der Waals surface area contributed by atoms with Crippen molar-refractivity contribution in [2.75, 3.05) is 6.61 Å². The summed E-state index contributed by atoms with van der Waals surface area (Å²) in [5.74, 6) is -2.51. The summed E-state index contributed by atoms with van der Waals surface area (Å²) in [6.45, 7) is -0.481. The van der Waals surface area contributed by atoms with Gasteiger partial charge in [-0.05, 0) is 36.4 Å². The van der Waals surface area contributed by atoms with Gasteiger partial charge in [-0.1, -0.05) is 28.1 Å². The summed E-state index contributed by atoms with van der Waals surface area (Å²) in [6, 6.07) is 9.90. The molecule has 130 valence electrons. The summed E-state index contributed by atoms with van der Waals surface area (Å²) in [7, 11) is 0. The zero-order valence-electron chi connectivity index (χ0n) is 12.8. The standard InChI is InChI=1S/C17H13BrF2N2O3/c18-12-6-7-13(19)11(9-12)5-8-16(23)21-22-17(24)10-25-15-4-2-1-3-14(15)20/h1-9H,10H2,(H,21,23)(H,22,24)/b8-5+. The second-order valence-electron chi connectivity index (χ2n) is 4.76. The van der Waals surface area contributed by atoms with Gasteiger partial charge in [-0.2, -0.15) is 0 Å². The van der Waals surface area contributed by atoms with Gasteiger partial charge in [0.15, 0.2) is 18.2 Å². The molecule has 0 aliphatic heterocycles. The van der Waals surface area contributed by atoms with Crippen LogP contribution < -0.4 is 15.6 Å². The Hall–Kier alpha value is -2.74. The molecule has 0 unspecified atom stereocenters. The van der Waals surface area contributed by atoms with E-state index in [0.29, 0.717) is 4.47 Å². The van der Waals surface area contributed by atoms with Crippen LogP contribution >= 0.6 is 15.9 Å². The molecule has 8 heteroatoms. The minimum Gasteiger partial charge on any atom is -0.481 e. The Bertz CT molecular complexity index is 812. The third-order valence-corrected chi connectivity index (χ3v) is 3.39. The summed E-state index contributed by atoms with van der Waals surface area (Å²) in [6.07, 6.45) is 2.32. The van der Waals surface area contributed by atoms with Crippen LogP contribution in [0.4, 0.5) is 8.78 Å². The lowest BCUT2D eigenvalue weighted by Crippen LogP contribution is -2.43. The van der Waals surface area contributed by atoms with Crippen molar-refractivity contribution in [1.29, 1.82) is 0 Å². The summed E-state index contributed by atoms with van der Waals surface area (Å²) in [4.78, 5) is 23.1. The van der Waals surface area contributed by atoms with Gasteiger partial charge in [-0.15, -0.1) is 0 Å². The van der Waals surface area contributed by atoms with Crippen LogP contribution in [0.5, 0.6) is 5.75 Å². The monoisotopic (exact) mass is 410 g/mol. The Morgan fingerprint density at radius 1 is 1.08 bits per heavy atom. The lowest BCUT2D eigenvalue weighted by molar-refractivity contribution is -0.128. The molecule has 0 aliphatic carbocycles. The second kappa shape index (κ2) is 8.93. The number of ether oxygens (including phenoxy) is 1. The van der Waals surface area contributed by atoms with Gasteiger partial charge in [0.2, 0.25) is 0 Å². The van der Waals surface area contributed by atoms with Gasteiger partial charge in [-0.25, -0.2) is 8.78 Å². The molecule has 0 radical (unpaired) electrons. The van der Waals surface area contributed by atoms with Crippen LogP contribution in [0.3, 0.4) is 0 Å². The predicted molar refractivity (Wildman–Crippen MR) is 91.3 cm³/mol. The molecular weight excluding hydrogens is 398 g/mol. The lowest BCUT2D eigenvalue weighted by Gasteiger charge is -2.08. The molecule has 2 rings (SSSR count). The minimum absolute atomic E-state index is 0.0750. The second-order valence-corrected chi connectivity index (χ2v) is 5.67. The van der Waals surface area contributed by atoms with Crippen LogP contribution in [0.2, 0.25) is 0 Å². The van der Waals surface area contributed by atoms with E-state index in [1.54, 1.807) is 6.07 Å². The van der Waals surface area contributed by atoms with Crippen molar-refractivity contribution in [3.63, 3.8) is 0 Å². The number of hydrogen-bond donors (Lipinski definition) is 2. The van der Waals surface area contributed by atoms with Crippen LogP contribution in [0.25, 0.3) is 6.08 Å². The lowest BCUT2D eigenvalue weighted by atomic mass is 10.2. The molecule has 25 heavy (non-hydrogen) atoms. The third kappa shape index (κ3) is 6.00. The molecule has 2 aromatic carbocycles. The summed E-state index contributed by atoms with van der Waals surface area (Å²) in [5, 5.41) is 0. The van der Waals surface area contributed by atoms with E-state index in [4.69, 9.17) is 4.74 Å². The Morgan fingerprint density at radius 2 is 1.84 bits per heavy atom. The molecule has 0 bridgehead atoms. The summed E-state index contributed by atoms with van der Waals surface area (Å²) in [5.41, 5.74) is 4.41. The van der Waals surface area contributed by atoms with Crippen molar-refractivity contribution in [3.05, 3.63) is 70.2 Å². The third-order valence-electron chi connectivity index (χ3n) is 2.89. The molecule has 2 N–H and O–H groups in total. The number of hydrazine groups is 1. The molecular formula is C17H13BrF2N2O3. The van der Waals surface area contributed by atoms with Crippen molar-refractivity contribution in [1.82, 2.24) is 10.9 Å². The van der Waals surface area contributed by atoms with Crippen LogP contribution in [0.1, 0.15) is 5.56 Å². The van der Waals surface area contributed by atoms with E-state index in [9.17, 15) is 18.4 Å². The smallest absolute Gasteiger partial charge is 0.276 e. The SMILES string of the molecule is O=C(/C=C/c1cc(Br)ccc1F)NNC(=O)COc1ccccc1F. The number of carbonyl (C=O) groups excluding carboxylic acids is 2. The molecule has 0 spiro atoms. The molecule has 0 fully saturated rings. The van der Waals surface area contributed by atoms with Crippen LogP contribution in [-0.2, 0) is 9.59 Å². The van der Waals surface area contributed by atoms with Gasteiger partial charge < -0.3 is 4.74 Å². The van der Waals surface area contributed by atoms with Gasteiger partial charge in [0, 0.05) is 16.1 Å². The van der Waals surface area contributed by atoms with Crippen LogP contribution in [0.15, 0.2) is 53.0 Å². The van der Waals surface area contributed by atoms with Crippen LogP contribution in [-0.4, -0.2) is 18.4 Å². The van der Waals surface area contributed by atoms with Gasteiger partial charge in [0.25, 0.3) is 11.8 Å². The summed E-state index contributed by atoms with van der Waals surface area (Å²) < 4.78 is 32.5. The van der Waals surface area contributed by atoms with Crippen molar-refractivity contribution >= 4 is 33.8 Å². The van der Waals surface area contributed by atoms with E-state index in [0.717, 1.165) is 6.08 Å². The number of para-hydroxylation sites is 1. The molecule has 5 nitrogen and oxygen atoms in total. The fourth-order valence-corrected chi connectivity index (χ4v) is 2.10. The number of amides is 2. The number of halogens is 3. The fourth-order valence-electron chi connectivity index (χ4n) is 1.72. The topological polar surface area (TPSA) is 67.4 Å². The van der Waals surface area contributed by atoms with E-state index in [1.807, 2.05) is 0 Å². The quantitative estimate of drug-likeness (QED) is 0.588. The number of nitrogens with one attached hydrogen (secondary N) is 2. The molecule has 0 aliphatic rings. The van der Waals surface area contributed by atoms with Gasteiger partial charge in [0.05, 0.1) is 0 Å². The predicted octanol–water partition coefficient (Wildman–Crippen LogP) is 2.97. The average molecular weight is 411 g/mol. The van der Waals surface area contributed by atoms with Gasteiger partial charge in [0.1, 0.15) is 5.82 Å². The highest BCUT2D eigenvalue weighted by Crippen LogP contribution is 2.16. The van der Waals surface area contributed by atoms with Crippen molar-refractivity contribution < 1.29 is 23.1 Å². The highest BCUT2D eigenvalue weighted by atomic mass is 79.9. The van der Waals surface area contributed by atoms with Crippen molar-refractivity contribution in [2.24, 2.45) is 0 Å². The Labute approximate surface area is 150 Å². The highest BCUT2D eigenvalue weighted by molar-refractivity contribution is 9.10. The minimum atomic E-state index is -0.682. The van der Waals surface area contributed by atoms with E-state index < -0.39 is 30.1 Å². The first kappa shape index (κ1) is 18.6. The van der Waals surface area contributed by atoms with Crippen molar-refractivity contribution in [3.8, 4) is 5.75 Å². The van der Waals surface area contributed by atoms with Crippen molar-refractivity contribution in [2.45, 2.75) is 0 Å². The number of carbonyl (C=O) groups is 2. The molecule has 0 saturated carbocycles. The maximum atomic E-state index is 13.5.